The van der Waals surface area contributed by atoms with Crippen LogP contribution < -0.4 is 0 Å². The zero-order valence-electron chi connectivity index (χ0n) is 6.89. The molecule has 0 nitrogen and oxygen atoms in total. The molecule has 0 fully saturated rings. The Hall–Kier alpha value is -0.0800. The van der Waals surface area contributed by atoms with Gasteiger partial charge in [-0.3, -0.25) is 0 Å². The molecular weight excluding hydrogens is 172 g/mol. The van der Waals surface area contributed by atoms with E-state index in [4.69, 9.17) is 12.2 Å². The number of thiocarbonyl (C=S) groups is 1. The standard InChI is InChI=1S/C9H12S2/c1-3-9-5-4-8(6-11-9)7(2)10/h5-6H,3-4H2,1-2H3. The van der Waals surface area contributed by atoms with Crippen LogP contribution in [0, 0.1) is 0 Å². The molecule has 0 saturated carbocycles. The summed E-state index contributed by atoms with van der Waals surface area (Å²) in [7, 11) is 0. The number of hydrogen-bond donors (Lipinski definition) is 0. The van der Waals surface area contributed by atoms with Gasteiger partial charge >= 0.3 is 0 Å². The molecule has 0 atom stereocenters. The van der Waals surface area contributed by atoms with E-state index in [1.165, 1.54) is 10.5 Å². The molecular formula is C9H12S2. The summed E-state index contributed by atoms with van der Waals surface area (Å²) in [5.41, 5.74) is 1.31. The van der Waals surface area contributed by atoms with E-state index in [0.717, 1.165) is 17.7 Å². The highest BCUT2D eigenvalue weighted by Crippen LogP contribution is 2.29. The first-order chi connectivity index (χ1) is 5.24. The van der Waals surface area contributed by atoms with Crippen LogP contribution in [0.25, 0.3) is 0 Å². The summed E-state index contributed by atoms with van der Waals surface area (Å²) in [4.78, 5) is 2.49. The minimum atomic E-state index is 1.03. The van der Waals surface area contributed by atoms with Crippen molar-refractivity contribution in [2.24, 2.45) is 0 Å². The topological polar surface area (TPSA) is 0 Å². The van der Waals surface area contributed by atoms with Gasteiger partial charge in [-0.1, -0.05) is 25.2 Å². The molecule has 0 radical (unpaired) electrons. The summed E-state index contributed by atoms with van der Waals surface area (Å²) >= 11 is 6.89. The normalized spacial score (nSPS) is 17.3. The molecule has 0 aromatic carbocycles. The van der Waals surface area contributed by atoms with Gasteiger partial charge in [0.2, 0.25) is 0 Å². The molecule has 60 valence electrons. The van der Waals surface area contributed by atoms with Gasteiger partial charge < -0.3 is 0 Å². The van der Waals surface area contributed by atoms with Crippen molar-refractivity contribution in [3.8, 4) is 0 Å². The van der Waals surface area contributed by atoms with Crippen LogP contribution in [0.5, 0.6) is 0 Å². The Balaban J connectivity index is 2.57. The third kappa shape index (κ3) is 2.46. The van der Waals surface area contributed by atoms with E-state index in [2.05, 4.69) is 18.4 Å². The Bertz CT molecular complexity index is 224. The Morgan fingerprint density at radius 1 is 1.73 bits per heavy atom. The maximum atomic E-state index is 5.08. The van der Waals surface area contributed by atoms with Crippen LogP contribution in [0.4, 0.5) is 0 Å². The van der Waals surface area contributed by atoms with Crippen molar-refractivity contribution in [3.05, 3.63) is 22.0 Å². The van der Waals surface area contributed by atoms with Crippen molar-refractivity contribution >= 4 is 28.8 Å². The van der Waals surface area contributed by atoms with Gasteiger partial charge in [0.25, 0.3) is 0 Å². The van der Waals surface area contributed by atoms with Gasteiger partial charge in [-0.2, -0.15) is 0 Å². The first kappa shape index (κ1) is 9.01. The number of hydrogen-bond acceptors (Lipinski definition) is 2. The van der Waals surface area contributed by atoms with E-state index < -0.39 is 0 Å². The second kappa shape index (κ2) is 4.07. The van der Waals surface area contributed by atoms with Crippen LogP contribution in [-0.4, -0.2) is 4.86 Å². The summed E-state index contributed by atoms with van der Waals surface area (Å²) in [6, 6.07) is 0. The van der Waals surface area contributed by atoms with E-state index >= 15 is 0 Å². The highest BCUT2D eigenvalue weighted by molar-refractivity contribution is 8.05. The summed E-state index contributed by atoms with van der Waals surface area (Å²) in [6.07, 6.45) is 4.45. The number of allylic oxidation sites excluding steroid dienone is 3. The molecule has 0 aliphatic carbocycles. The molecule has 0 spiro atoms. The SMILES string of the molecule is CCC1=CCC(C(C)=S)=CS1. The monoisotopic (exact) mass is 184 g/mol. The van der Waals surface area contributed by atoms with Crippen molar-refractivity contribution in [1.29, 1.82) is 0 Å². The lowest BCUT2D eigenvalue weighted by Crippen LogP contribution is -1.95. The molecule has 1 heterocycles. The van der Waals surface area contributed by atoms with Crippen molar-refractivity contribution in [3.63, 3.8) is 0 Å². The predicted molar refractivity (Wildman–Crippen MR) is 56.9 cm³/mol. The van der Waals surface area contributed by atoms with Gasteiger partial charge in [-0.15, -0.1) is 11.8 Å². The fourth-order valence-electron chi connectivity index (χ4n) is 0.921. The van der Waals surface area contributed by atoms with Gasteiger partial charge in [-0.05, 0) is 35.7 Å². The highest BCUT2D eigenvalue weighted by Gasteiger charge is 2.05. The van der Waals surface area contributed by atoms with Crippen LogP contribution in [0.3, 0.4) is 0 Å². The second-order valence-corrected chi connectivity index (χ2v) is 4.15. The molecule has 0 N–H and O–H groups in total. The number of thioether (sulfide) groups is 1. The van der Waals surface area contributed by atoms with Crippen LogP contribution >= 0.6 is 24.0 Å². The first-order valence-corrected chi connectivity index (χ1v) is 5.08. The van der Waals surface area contributed by atoms with Crippen LogP contribution in [-0.2, 0) is 0 Å². The zero-order chi connectivity index (χ0) is 8.27. The molecule has 0 unspecified atom stereocenters. The Morgan fingerprint density at radius 3 is 2.82 bits per heavy atom. The number of rotatable bonds is 2. The van der Waals surface area contributed by atoms with Gasteiger partial charge in [0.15, 0.2) is 0 Å². The van der Waals surface area contributed by atoms with Crippen LogP contribution in [0.1, 0.15) is 26.7 Å². The van der Waals surface area contributed by atoms with E-state index in [1.807, 2.05) is 18.7 Å². The lowest BCUT2D eigenvalue weighted by Gasteiger charge is -2.10. The highest BCUT2D eigenvalue weighted by atomic mass is 32.2. The summed E-state index contributed by atoms with van der Waals surface area (Å²) in [5.74, 6) is 0. The quantitative estimate of drug-likeness (QED) is 0.600. The summed E-state index contributed by atoms with van der Waals surface area (Å²) in [6.45, 7) is 4.18. The van der Waals surface area contributed by atoms with Crippen molar-refractivity contribution < 1.29 is 0 Å². The van der Waals surface area contributed by atoms with E-state index in [-0.39, 0.29) is 0 Å². The molecule has 2 heteroatoms. The van der Waals surface area contributed by atoms with Crippen molar-refractivity contribution in [2.45, 2.75) is 26.7 Å². The maximum absolute atomic E-state index is 5.08. The van der Waals surface area contributed by atoms with Gasteiger partial charge in [0, 0.05) is 4.86 Å². The van der Waals surface area contributed by atoms with Crippen LogP contribution in [0.15, 0.2) is 22.0 Å². The Morgan fingerprint density at radius 2 is 2.45 bits per heavy atom. The minimum Gasteiger partial charge on any atom is -0.103 e. The third-order valence-electron chi connectivity index (χ3n) is 1.70. The van der Waals surface area contributed by atoms with Crippen LogP contribution in [0.2, 0.25) is 0 Å². The lowest BCUT2D eigenvalue weighted by atomic mass is 10.1. The molecule has 1 aliphatic rings. The van der Waals surface area contributed by atoms with Gasteiger partial charge in [-0.25, -0.2) is 0 Å². The zero-order valence-corrected chi connectivity index (χ0v) is 8.52. The van der Waals surface area contributed by atoms with Crippen molar-refractivity contribution in [2.75, 3.05) is 0 Å². The molecule has 1 aliphatic heterocycles. The predicted octanol–water partition coefficient (Wildman–Crippen LogP) is 3.69. The second-order valence-electron chi connectivity index (χ2n) is 2.55. The average molecular weight is 184 g/mol. The van der Waals surface area contributed by atoms with E-state index in [9.17, 15) is 0 Å². The minimum absolute atomic E-state index is 1.03. The largest absolute Gasteiger partial charge is 0.103 e. The Kier molecular flexibility index (Phi) is 3.34. The average Bonchev–Trinajstić information content (AvgIpc) is 2.05. The van der Waals surface area contributed by atoms with E-state index in [0.29, 0.717) is 0 Å². The van der Waals surface area contributed by atoms with Crippen molar-refractivity contribution in [1.82, 2.24) is 0 Å². The maximum Gasteiger partial charge on any atom is 0.0161 e. The van der Waals surface area contributed by atoms with Gasteiger partial charge in [0.05, 0.1) is 0 Å². The third-order valence-corrected chi connectivity index (χ3v) is 3.13. The fourth-order valence-corrected chi connectivity index (χ4v) is 2.05. The molecule has 0 amide bonds. The van der Waals surface area contributed by atoms with E-state index in [1.54, 1.807) is 0 Å². The molecule has 0 aromatic rings. The van der Waals surface area contributed by atoms with Gasteiger partial charge in [0.1, 0.15) is 0 Å². The smallest absolute Gasteiger partial charge is 0.0161 e. The molecule has 0 bridgehead atoms. The molecule has 0 aromatic heterocycles. The Labute approximate surface area is 77.8 Å². The lowest BCUT2D eigenvalue weighted by molar-refractivity contribution is 1.16. The fraction of sp³-hybridized carbons (Fsp3) is 0.444. The summed E-state index contributed by atoms with van der Waals surface area (Å²) in [5, 5.41) is 2.18. The first-order valence-electron chi connectivity index (χ1n) is 3.79. The molecule has 11 heavy (non-hydrogen) atoms. The molecule has 0 saturated heterocycles. The molecule has 1 rings (SSSR count). The summed E-state index contributed by atoms with van der Waals surface area (Å²) < 4.78 is 0.